The molecule has 0 rings (SSSR count). The highest BCUT2D eigenvalue weighted by atomic mass is 16.5. The first-order valence-electron chi connectivity index (χ1n) is 4.39. The van der Waals surface area contributed by atoms with E-state index in [1.165, 1.54) is 0 Å². The van der Waals surface area contributed by atoms with Crippen molar-refractivity contribution in [2.75, 3.05) is 6.54 Å². The molecule has 0 amide bonds. The molecule has 0 saturated carbocycles. The average Bonchev–Trinajstić information content (AvgIpc) is 2.03. The van der Waals surface area contributed by atoms with Gasteiger partial charge in [0, 0.05) is 13.0 Å². The summed E-state index contributed by atoms with van der Waals surface area (Å²) in [4.78, 5) is 20.8. The van der Waals surface area contributed by atoms with Crippen molar-refractivity contribution >= 4 is 11.9 Å². The maximum atomic E-state index is 10.6. The standard InChI is InChI=1S/C8H15NO5/c1-2-5-9(14)6(8(12)13)3-4-7(10)11/h6,14H,2-5H2,1H3,(H,10,11)(H,12,13)/t6-/m0/s1. The first kappa shape index (κ1) is 12.9. The molecule has 0 aromatic carbocycles. The van der Waals surface area contributed by atoms with Crippen molar-refractivity contribution in [3.05, 3.63) is 0 Å². The van der Waals surface area contributed by atoms with Crippen LogP contribution in [0.25, 0.3) is 0 Å². The summed E-state index contributed by atoms with van der Waals surface area (Å²) in [5.74, 6) is -2.27. The van der Waals surface area contributed by atoms with Gasteiger partial charge in [-0.25, -0.2) is 0 Å². The number of carboxylic acids is 2. The topological polar surface area (TPSA) is 98.1 Å². The van der Waals surface area contributed by atoms with Crippen LogP contribution in [0.15, 0.2) is 0 Å². The molecule has 0 aliphatic rings. The predicted octanol–water partition coefficient (Wildman–Crippen LogP) is 0.406. The highest BCUT2D eigenvalue weighted by molar-refractivity contribution is 5.74. The zero-order valence-electron chi connectivity index (χ0n) is 8.01. The van der Waals surface area contributed by atoms with Crippen molar-refractivity contribution in [3.63, 3.8) is 0 Å². The van der Waals surface area contributed by atoms with Gasteiger partial charge in [0.1, 0.15) is 6.04 Å². The fraction of sp³-hybridized carbons (Fsp3) is 0.750. The van der Waals surface area contributed by atoms with Gasteiger partial charge in [0.25, 0.3) is 0 Å². The molecule has 0 radical (unpaired) electrons. The van der Waals surface area contributed by atoms with Gasteiger partial charge in [-0.05, 0) is 12.8 Å². The van der Waals surface area contributed by atoms with Crippen LogP contribution in [0, 0.1) is 0 Å². The van der Waals surface area contributed by atoms with Gasteiger partial charge in [0.05, 0.1) is 0 Å². The molecule has 0 heterocycles. The molecular formula is C8H15NO5. The normalized spacial score (nSPS) is 12.8. The molecular weight excluding hydrogens is 190 g/mol. The number of nitrogens with zero attached hydrogens (tertiary/aromatic N) is 1. The first-order chi connectivity index (χ1) is 6.49. The van der Waals surface area contributed by atoms with E-state index in [2.05, 4.69) is 0 Å². The summed E-state index contributed by atoms with van der Waals surface area (Å²) in [6, 6.07) is -1.13. The predicted molar refractivity (Wildman–Crippen MR) is 47.1 cm³/mol. The van der Waals surface area contributed by atoms with Crippen molar-refractivity contribution < 1.29 is 25.0 Å². The zero-order chi connectivity index (χ0) is 11.1. The Morgan fingerprint density at radius 3 is 2.29 bits per heavy atom. The summed E-state index contributed by atoms with van der Waals surface area (Å²) in [7, 11) is 0. The molecule has 0 saturated heterocycles. The van der Waals surface area contributed by atoms with Gasteiger partial charge in [-0.1, -0.05) is 6.92 Å². The van der Waals surface area contributed by atoms with Crippen LogP contribution in [0.1, 0.15) is 26.2 Å². The Bertz CT molecular complexity index is 206. The van der Waals surface area contributed by atoms with Crippen LogP contribution in [-0.2, 0) is 9.59 Å². The molecule has 14 heavy (non-hydrogen) atoms. The largest absolute Gasteiger partial charge is 0.481 e. The van der Waals surface area contributed by atoms with Crippen molar-refractivity contribution in [1.29, 1.82) is 0 Å². The van der Waals surface area contributed by atoms with Crippen molar-refractivity contribution in [2.45, 2.75) is 32.2 Å². The summed E-state index contributed by atoms with van der Waals surface area (Å²) >= 11 is 0. The van der Waals surface area contributed by atoms with Crippen molar-refractivity contribution in [1.82, 2.24) is 5.06 Å². The lowest BCUT2D eigenvalue weighted by atomic mass is 10.1. The summed E-state index contributed by atoms with van der Waals surface area (Å²) in [6.07, 6.45) is 0.242. The van der Waals surface area contributed by atoms with Gasteiger partial charge in [-0.2, -0.15) is 5.06 Å². The van der Waals surface area contributed by atoms with E-state index in [0.717, 1.165) is 0 Å². The van der Waals surface area contributed by atoms with E-state index >= 15 is 0 Å². The molecule has 0 bridgehead atoms. The number of carboxylic acid groups (broad SMARTS) is 2. The lowest BCUT2D eigenvalue weighted by Crippen LogP contribution is -2.39. The molecule has 0 aliphatic heterocycles. The second-order valence-electron chi connectivity index (χ2n) is 2.95. The van der Waals surface area contributed by atoms with Gasteiger partial charge in [0.15, 0.2) is 0 Å². The quantitative estimate of drug-likeness (QED) is 0.520. The number of carbonyl (C=O) groups is 2. The molecule has 3 N–H and O–H groups in total. The number of hydrogen-bond donors (Lipinski definition) is 3. The van der Waals surface area contributed by atoms with E-state index in [4.69, 9.17) is 10.2 Å². The second-order valence-corrected chi connectivity index (χ2v) is 2.95. The zero-order valence-corrected chi connectivity index (χ0v) is 8.01. The van der Waals surface area contributed by atoms with E-state index in [1.54, 1.807) is 6.92 Å². The Morgan fingerprint density at radius 1 is 1.36 bits per heavy atom. The van der Waals surface area contributed by atoms with Crippen LogP contribution >= 0.6 is 0 Å². The van der Waals surface area contributed by atoms with Crippen LogP contribution < -0.4 is 0 Å². The monoisotopic (exact) mass is 205 g/mol. The lowest BCUT2D eigenvalue weighted by Gasteiger charge is -2.21. The molecule has 0 aromatic heterocycles. The molecule has 0 fully saturated rings. The van der Waals surface area contributed by atoms with Crippen LogP contribution in [0.3, 0.4) is 0 Å². The maximum absolute atomic E-state index is 10.6. The number of hydrogen-bond acceptors (Lipinski definition) is 4. The van der Waals surface area contributed by atoms with E-state index in [0.29, 0.717) is 11.5 Å². The minimum atomic E-state index is -1.21. The van der Waals surface area contributed by atoms with Crippen molar-refractivity contribution in [2.24, 2.45) is 0 Å². The van der Waals surface area contributed by atoms with E-state index < -0.39 is 18.0 Å². The van der Waals surface area contributed by atoms with Crippen LogP contribution in [0.2, 0.25) is 0 Å². The Kier molecular flexibility index (Phi) is 5.82. The Hall–Kier alpha value is -1.14. The maximum Gasteiger partial charge on any atom is 0.323 e. The summed E-state index contributed by atoms with van der Waals surface area (Å²) < 4.78 is 0. The fourth-order valence-electron chi connectivity index (χ4n) is 1.05. The summed E-state index contributed by atoms with van der Waals surface area (Å²) in [5, 5.41) is 27.0. The van der Waals surface area contributed by atoms with E-state index in [1.807, 2.05) is 0 Å². The van der Waals surface area contributed by atoms with Crippen LogP contribution in [0.5, 0.6) is 0 Å². The third kappa shape index (κ3) is 4.78. The smallest absolute Gasteiger partial charge is 0.323 e. The Balaban J connectivity index is 4.14. The SMILES string of the molecule is CCCN(O)[C@@H](CCC(=O)O)C(=O)O. The van der Waals surface area contributed by atoms with E-state index in [-0.39, 0.29) is 19.4 Å². The first-order valence-corrected chi connectivity index (χ1v) is 4.39. The number of aliphatic carboxylic acids is 2. The highest BCUT2D eigenvalue weighted by Gasteiger charge is 2.24. The van der Waals surface area contributed by atoms with Gasteiger partial charge < -0.3 is 15.4 Å². The summed E-state index contributed by atoms with van der Waals surface area (Å²) in [6.45, 7) is 2.01. The number of hydroxylamine groups is 2. The molecule has 6 heteroatoms. The Labute approximate surface area is 81.7 Å². The minimum absolute atomic E-state index is 0.0961. The van der Waals surface area contributed by atoms with Crippen LogP contribution in [0.4, 0.5) is 0 Å². The molecule has 0 aliphatic carbocycles. The van der Waals surface area contributed by atoms with E-state index in [9.17, 15) is 14.8 Å². The molecule has 1 atom stereocenters. The van der Waals surface area contributed by atoms with Gasteiger partial charge in [0.2, 0.25) is 0 Å². The third-order valence-corrected chi connectivity index (χ3v) is 1.73. The molecule has 82 valence electrons. The average molecular weight is 205 g/mol. The van der Waals surface area contributed by atoms with Gasteiger partial charge in [-0.15, -0.1) is 0 Å². The second kappa shape index (κ2) is 6.33. The number of rotatable bonds is 7. The molecule has 0 aromatic rings. The third-order valence-electron chi connectivity index (χ3n) is 1.73. The van der Waals surface area contributed by atoms with Gasteiger partial charge >= 0.3 is 11.9 Å². The lowest BCUT2D eigenvalue weighted by molar-refractivity contribution is -0.171. The molecule has 0 spiro atoms. The summed E-state index contributed by atoms with van der Waals surface area (Å²) in [5.41, 5.74) is 0. The van der Waals surface area contributed by atoms with Gasteiger partial charge in [-0.3, -0.25) is 9.59 Å². The van der Waals surface area contributed by atoms with Crippen LogP contribution in [-0.4, -0.2) is 45.0 Å². The van der Waals surface area contributed by atoms with Crippen molar-refractivity contribution in [3.8, 4) is 0 Å². The molecule has 0 unspecified atom stereocenters. The fourth-order valence-corrected chi connectivity index (χ4v) is 1.05. The highest BCUT2D eigenvalue weighted by Crippen LogP contribution is 2.06. The minimum Gasteiger partial charge on any atom is -0.481 e. The Morgan fingerprint density at radius 2 is 1.93 bits per heavy atom. The molecule has 6 nitrogen and oxygen atoms in total.